The number of hydrogen-bond donors (Lipinski definition) is 5. The zero-order valence-corrected chi connectivity index (χ0v) is 13.5. The molecule has 0 radical (unpaired) electrons. The lowest BCUT2D eigenvalue weighted by molar-refractivity contribution is -0.130. The number of amides is 2. The molecule has 0 saturated carbocycles. The number of nitrogens with one attached hydrogen (secondary N) is 1. The van der Waals surface area contributed by atoms with Gasteiger partial charge in [0.05, 0.1) is 5.75 Å². The Kier molecular flexibility index (Phi) is 4.32. The standard InChI is InChI=1S/C16H14N2O6S/c19-10-3-1-8(2-4-10)16-18(13(22)7-25-16)17-15(24)9-5-11(20)14(23)12(21)6-9/h1-6,16,19-21,23H,7H2,(H,17,24). The van der Waals surface area contributed by atoms with E-state index < -0.39 is 28.5 Å². The number of benzene rings is 2. The van der Waals surface area contributed by atoms with Gasteiger partial charge in [0.15, 0.2) is 17.2 Å². The molecule has 1 saturated heterocycles. The van der Waals surface area contributed by atoms with Gasteiger partial charge in [0.2, 0.25) is 0 Å². The Labute approximate surface area is 146 Å². The fraction of sp³-hybridized carbons (Fsp3) is 0.125. The SMILES string of the molecule is O=C(NN1C(=O)CSC1c1ccc(O)cc1)c1cc(O)c(O)c(O)c1. The zero-order valence-electron chi connectivity index (χ0n) is 12.7. The summed E-state index contributed by atoms with van der Waals surface area (Å²) in [6, 6.07) is 8.21. The molecule has 2 aromatic carbocycles. The molecule has 1 unspecified atom stereocenters. The van der Waals surface area contributed by atoms with Gasteiger partial charge in [-0.15, -0.1) is 11.8 Å². The summed E-state index contributed by atoms with van der Waals surface area (Å²) in [5, 5.41) is 38.4. The van der Waals surface area contributed by atoms with Gasteiger partial charge in [-0.2, -0.15) is 0 Å². The van der Waals surface area contributed by atoms with Crippen molar-refractivity contribution >= 4 is 23.6 Å². The molecule has 8 nitrogen and oxygen atoms in total. The average Bonchev–Trinajstić information content (AvgIpc) is 2.93. The van der Waals surface area contributed by atoms with E-state index in [0.29, 0.717) is 5.56 Å². The topological polar surface area (TPSA) is 130 Å². The Morgan fingerprint density at radius 1 is 1.08 bits per heavy atom. The summed E-state index contributed by atoms with van der Waals surface area (Å²) in [5.74, 6) is -2.83. The maximum atomic E-state index is 12.3. The molecule has 2 aromatic rings. The first-order valence-corrected chi connectivity index (χ1v) is 8.20. The Balaban J connectivity index is 1.83. The second-order valence-electron chi connectivity index (χ2n) is 5.32. The van der Waals surface area contributed by atoms with Gasteiger partial charge < -0.3 is 20.4 Å². The minimum atomic E-state index is -0.731. The van der Waals surface area contributed by atoms with Crippen LogP contribution in [0.4, 0.5) is 0 Å². The van der Waals surface area contributed by atoms with Gasteiger partial charge in [0.1, 0.15) is 11.1 Å². The van der Waals surface area contributed by atoms with Crippen molar-refractivity contribution in [3.8, 4) is 23.0 Å². The molecule has 130 valence electrons. The Morgan fingerprint density at radius 3 is 2.28 bits per heavy atom. The fourth-order valence-corrected chi connectivity index (χ4v) is 3.45. The van der Waals surface area contributed by atoms with Gasteiger partial charge in [-0.05, 0) is 29.8 Å². The highest BCUT2D eigenvalue weighted by atomic mass is 32.2. The quantitative estimate of drug-likeness (QED) is 0.522. The molecule has 1 aliphatic rings. The second kappa shape index (κ2) is 6.44. The van der Waals surface area contributed by atoms with Crippen LogP contribution in [0.1, 0.15) is 21.3 Å². The molecule has 1 heterocycles. The van der Waals surface area contributed by atoms with Crippen LogP contribution in [-0.2, 0) is 4.79 Å². The molecular weight excluding hydrogens is 348 g/mol. The number of thioether (sulfide) groups is 1. The van der Waals surface area contributed by atoms with Crippen LogP contribution in [-0.4, -0.2) is 43.0 Å². The number of carbonyl (C=O) groups is 2. The number of nitrogens with zero attached hydrogens (tertiary/aromatic N) is 1. The molecule has 0 spiro atoms. The van der Waals surface area contributed by atoms with Gasteiger partial charge in [-0.1, -0.05) is 12.1 Å². The molecule has 0 aromatic heterocycles. The van der Waals surface area contributed by atoms with Gasteiger partial charge in [0.25, 0.3) is 11.8 Å². The van der Waals surface area contributed by atoms with Crippen LogP contribution in [0.2, 0.25) is 0 Å². The first-order valence-electron chi connectivity index (χ1n) is 7.15. The predicted octanol–water partition coefficient (Wildman–Crippen LogP) is 1.43. The van der Waals surface area contributed by atoms with Crippen LogP contribution in [0.25, 0.3) is 0 Å². The normalized spacial score (nSPS) is 16.9. The number of phenols is 4. The lowest BCUT2D eigenvalue weighted by Crippen LogP contribution is -2.44. The first kappa shape index (κ1) is 16.8. The summed E-state index contributed by atoms with van der Waals surface area (Å²) in [6.07, 6.45) is 0. The van der Waals surface area contributed by atoms with Crippen molar-refractivity contribution in [1.29, 1.82) is 0 Å². The van der Waals surface area contributed by atoms with Crippen LogP contribution in [0.5, 0.6) is 23.0 Å². The third-order valence-electron chi connectivity index (χ3n) is 3.60. The van der Waals surface area contributed by atoms with Crippen LogP contribution in [0.3, 0.4) is 0 Å². The lowest BCUT2D eigenvalue weighted by Gasteiger charge is -2.24. The number of phenolic OH excluding ortho intramolecular Hbond substituents is 4. The Hall–Kier alpha value is -3.07. The lowest BCUT2D eigenvalue weighted by atomic mass is 10.1. The van der Waals surface area contributed by atoms with Crippen molar-refractivity contribution in [1.82, 2.24) is 10.4 Å². The van der Waals surface area contributed by atoms with E-state index >= 15 is 0 Å². The van der Waals surface area contributed by atoms with Crippen molar-refractivity contribution in [2.45, 2.75) is 5.37 Å². The van der Waals surface area contributed by atoms with Crippen molar-refractivity contribution in [2.75, 3.05) is 5.75 Å². The Bertz CT molecular complexity index is 816. The van der Waals surface area contributed by atoms with Crippen molar-refractivity contribution in [2.24, 2.45) is 0 Å². The van der Waals surface area contributed by atoms with Crippen molar-refractivity contribution in [3.05, 3.63) is 47.5 Å². The van der Waals surface area contributed by atoms with Crippen molar-refractivity contribution < 1.29 is 30.0 Å². The first-order chi connectivity index (χ1) is 11.9. The molecule has 0 aliphatic carbocycles. The van der Waals surface area contributed by atoms with E-state index in [4.69, 9.17) is 0 Å². The fourth-order valence-electron chi connectivity index (χ4n) is 2.34. The number of aromatic hydroxyl groups is 4. The number of carbonyl (C=O) groups excluding carboxylic acids is 2. The van der Waals surface area contributed by atoms with E-state index in [9.17, 15) is 30.0 Å². The summed E-state index contributed by atoms with van der Waals surface area (Å²) in [4.78, 5) is 24.4. The largest absolute Gasteiger partial charge is 0.508 e. The number of hydrazine groups is 1. The molecule has 1 fully saturated rings. The van der Waals surface area contributed by atoms with E-state index in [1.807, 2.05) is 0 Å². The summed E-state index contributed by atoms with van der Waals surface area (Å²) in [6.45, 7) is 0. The number of rotatable bonds is 3. The summed E-state index contributed by atoms with van der Waals surface area (Å²) in [5.41, 5.74) is 3.03. The second-order valence-corrected chi connectivity index (χ2v) is 6.39. The minimum absolute atomic E-state index is 0.0868. The van der Waals surface area contributed by atoms with Gasteiger partial charge in [-0.25, -0.2) is 5.01 Å². The van der Waals surface area contributed by atoms with Gasteiger partial charge in [-0.3, -0.25) is 15.0 Å². The molecule has 2 amide bonds. The molecule has 0 bridgehead atoms. The molecular formula is C16H14N2O6S. The third kappa shape index (κ3) is 3.26. The molecule has 25 heavy (non-hydrogen) atoms. The maximum absolute atomic E-state index is 12.3. The van der Waals surface area contributed by atoms with Crippen LogP contribution >= 0.6 is 11.8 Å². The monoisotopic (exact) mass is 362 g/mol. The predicted molar refractivity (Wildman–Crippen MR) is 89.1 cm³/mol. The summed E-state index contributed by atoms with van der Waals surface area (Å²) < 4.78 is 0. The summed E-state index contributed by atoms with van der Waals surface area (Å²) >= 11 is 1.30. The smallest absolute Gasteiger partial charge is 0.270 e. The maximum Gasteiger partial charge on any atom is 0.270 e. The van der Waals surface area contributed by atoms with E-state index in [-0.39, 0.29) is 23.0 Å². The van der Waals surface area contributed by atoms with E-state index in [1.54, 1.807) is 12.1 Å². The number of hydrogen-bond acceptors (Lipinski definition) is 7. The highest BCUT2D eigenvalue weighted by molar-refractivity contribution is 8.00. The Morgan fingerprint density at radius 2 is 1.68 bits per heavy atom. The average molecular weight is 362 g/mol. The van der Waals surface area contributed by atoms with E-state index in [2.05, 4.69) is 5.43 Å². The third-order valence-corrected chi connectivity index (χ3v) is 4.81. The van der Waals surface area contributed by atoms with Crippen LogP contribution in [0, 0.1) is 0 Å². The van der Waals surface area contributed by atoms with Crippen molar-refractivity contribution in [3.63, 3.8) is 0 Å². The van der Waals surface area contributed by atoms with Crippen LogP contribution in [0.15, 0.2) is 36.4 Å². The highest BCUT2D eigenvalue weighted by Gasteiger charge is 2.34. The minimum Gasteiger partial charge on any atom is -0.508 e. The summed E-state index contributed by atoms with van der Waals surface area (Å²) in [7, 11) is 0. The van der Waals surface area contributed by atoms with E-state index in [1.165, 1.54) is 23.9 Å². The highest BCUT2D eigenvalue weighted by Crippen LogP contribution is 2.38. The molecule has 1 aliphatic heterocycles. The zero-order chi connectivity index (χ0) is 18.1. The van der Waals surface area contributed by atoms with Crippen LogP contribution < -0.4 is 5.43 Å². The van der Waals surface area contributed by atoms with Gasteiger partial charge >= 0.3 is 0 Å². The molecule has 9 heteroatoms. The van der Waals surface area contributed by atoms with Gasteiger partial charge in [0, 0.05) is 5.56 Å². The van der Waals surface area contributed by atoms with E-state index in [0.717, 1.165) is 17.1 Å². The molecule has 1 atom stereocenters. The molecule has 5 N–H and O–H groups in total. The molecule has 3 rings (SSSR count).